The molecule has 0 fully saturated rings. The highest BCUT2D eigenvalue weighted by molar-refractivity contribution is 7.18. The van der Waals surface area contributed by atoms with E-state index in [1.165, 1.54) is 11.3 Å². The van der Waals surface area contributed by atoms with Gasteiger partial charge in [-0.05, 0) is 5.92 Å². The zero-order chi connectivity index (χ0) is 13.7. The van der Waals surface area contributed by atoms with Gasteiger partial charge in [0.1, 0.15) is 10.7 Å². The summed E-state index contributed by atoms with van der Waals surface area (Å²) in [6, 6.07) is -0.0398. The van der Waals surface area contributed by atoms with Crippen molar-refractivity contribution in [3.8, 4) is 0 Å². The Morgan fingerprint density at radius 1 is 1.56 bits per heavy atom. The minimum Gasteiger partial charge on any atom is -0.383 e. The van der Waals surface area contributed by atoms with E-state index in [-0.39, 0.29) is 23.7 Å². The number of rotatable bonds is 6. The number of carbonyl (C=O) groups excluding carboxylic acids is 1. The first-order valence-electron chi connectivity index (χ1n) is 5.73. The van der Waals surface area contributed by atoms with Gasteiger partial charge in [0.25, 0.3) is 5.91 Å². The third-order valence-corrected chi connectivity index (χ3v) is 3.63. The molecule has 1 rings (SSSR count). The number of carbonyl (C=O) groups is 1. The number of methoxy groups -OCH3 is 1. The van der Waals surface area contributed by atoms with Crippen LogP contribution in [0.1, 0.15) is 23.5 Å². The van der Waals surface area contributed by atoms with Crippen LogP contribution in [0.25, 0.3) is 0 Å². The number of ether oxygens (including phenoxy) is 1. The Morgan fingerprint density at radius 2 is 2.22 bits per heavy atom. The summed E-state index contributed by atoms with van der Waals surface area (Å²) in [6.07, 6.45) is 0. The SMILES string of the molecule is CNc1nc(N)c(C(=O)NC(COC)C(C)C)s1. The number of thiazole rings is 1. The number of nitrogen functional groups attached to an aromatic ring is 1. The smallest absolute Gasteiger partial charge is 0.265 e. The number of nitrogens with one attached hydrogen (secondary N) is 2. The molecular weight excluding hydrogens is 252 g/mol. The largest absolute Gasteiger partial charge is 0.383 e. The first-order valence-corrected chi connectivity index (χ1v) is 6.55. The van der Waals surface area contributed by atoms with Gasteiger partial charge in [0.05, 0.1) is 12.6 Å². The molecule has 0 saturated carbocycles. The van der Waals surface area contributed by atoms with Crippen LogP contribution in [-0.4, -0.2) is 37.7 Å². The van der Waals surface area contributed by atoms with Gasteiger partial charge in [-0.25, -0.2) is 4.98 Å². The van der Waals surface area contributed by atoms with Crippen LogP contribution in [0.2, 0.25) is 0 Å². The van der Waals surface area contributed by atoms with E-state index in [0.717, 1.165) is 0 Å². The van der Waals surface area contributed by atoms with Gasteiger partial charge >= 0.3 is 0 Å². The van der Waals surface area contributed by atoms with Gasteiger partial charge in [0.2, 0.25) is 0 Å². The Morgan fingerprint density at radius 3 is 2.67 bits per heavy atom. The second kappa shape index (κ2) is 6.55. The van der Waals surface area contributed by atoms with Crippen molar-refractivity contribution in [3.05, 3.63) is 4.88 Å². The molecule has 1 amide bonds. The third-order valence-electron chi connectivity index (χ3n) is 2.54. The molecule has 0 aliphatic rings. The summed E-state index contributed by atoms with van der Waals surface area (Å²) in [5, 5.41) is 6.41. The summed E-state index contributed by atoms with van der Waals surface area (Å²) in [4.78, 5) is 16.6. The second-order valence-electron chi connectivity index (χ2n) is 4.26. The van der Waals surface area contributed by atoms with Crippen LogP contribution in [0.4, 0.5) is 10.9 Å². The van der Waals surface area contributed by atoms with Crippen molar-refractivity contribution in [2.75, 3.05) is 31.8 Å². The molecule has 0 aromatic carbocycles. The van der Waals surface area contributed by atoms with Crippen LogP contribution < -0.4 is 16.4 Å². The molecule has 0 radical (unpaired) electrons. The number of aromatic nitrogens is 1. The molecule has 1 heterocycles. The number of hydrogen-bond acceptors (Lipinski definition) is 6. The van der Waals surface area contributed by atoms with Crippen molar-refractivity contribution in [3.63, 3.8) is 0 Å². The number of nitrogens with two attached hydrogens (primary N) is 1. The molecule has 6 nitrogen and oxygen atoms in total. The van der Waals surface area contributed by atoms with Crippen molar-refractivity contribution in [2.45, 2.75) is 19.9 Å². The monoisotopic (exact) mass is 272 g/mol. The van der Waals surface area contributed by atoms with E-state index in [1.54, 1.807) is 14.2 Å². The van der Waals surface area contributed by atoms with E-state index in [4.69, 9.17) is 10.5 Å². The second-order valence-corrected chi connectivity index (χ2v) is 5.26. The molecule has 0 aliphatic carbocycles. The van der Waals surface area contributed by atoms with E-state index in [2.05, 4.69) is 15.6 Å². The van der Waals surface area contributed by atoms with Gasteiger partial charge in [-0.1, -0.05) is 25.2 Å². The van der Waals surface area contributed by atoms with Crippen LogP contribution in [0.5, 0.6) is 0 Å². The fraction of sp³-hybridized carbons (Fsp3) is 0.636. The lowest BCUT2D eigenvalue weighted by molar-refractivity contribution is 0.0871. The molecule has 1 atom stereocenters. The Hall–Kier alpha value is -1.34. The maximum atomic E-state index is 12.1. The minimum atomic E-state index is -0.206. The van der Waals surface area contributed by atoms with Gasteiger partial charge in [0.15, 0.2) is 5.13 Å². The summed E-state index contributed by atoms with van der Waals surface area (Å²) in [5.41, 5.74) is 5.71. The van der Waals surface area contributed by atoms with E-state index >= 15 is 0 Å². The van der Waals surface area contributed by atoms with Gasteiger partial charge in [-0.2, -0.15) is 0 Å². The predicted octanol–water partition coefficient (Wildman–Crippen LogP) is 1.17. The highest BCUT2D eigenvalue weighted by Crippen LogP contribution is 2.24. The van der Waals surface area contributed by atoms with Crippen LogP contribution in [0, 0.1) is 5.92 Å². The predicted molar refractivity (Wildman–Crippen MR) is 74.0 cm³/mol. The van der Waals surface area contributed by atoms with Crippen molar-refractivity contribution in [1.82, 2.24) is 10.3 Å². The topological polar surface area (TPSA) is 89.3 Å². The molecule has 18 heavy (non-hydrogen) atoms. The molecule has 0 saturated heterocycles. The Kier molecular flexibility index (Phi) is 5.36. The molecule has 0 bridgehead atoms. The maximum Gasteiger partial charge on any atom is 0.265 e. The first kappa shape index (κ1) is 14.7. The van der Waals surface area contributed by atoms with Gasteiger partial charge in [-0.15, -0.1) is 0 Å². The number of amides is 1. The van der Waals surface area contributed by atoms with Crippen molar-refractivity contribution in [1.29, 1.82) is 0 Å². The Labute approximate surface area is 111 Å². The molecule has 1 aromatic rings. The highest BCUT2D eigenvalue weighted by Gasteiger charge is 2.21. The summed E-state index contributed by atoms with van der Waals surface area (Å²) >= 11 is 1.24. The lowest BCUT2D eigenvalue weighted by atomic mass is 10.1. The maximum absolute atomic E-state index is 12.1. The number of anilines is 2. The van der Waals surface area contributed by atoms with Crippen LogP contribution in [-0.2, 0) is 4.74 Å². The van der Waals surface area contributed by atoms with Crippen molar-refractivity contribution >= 4 is 28.2 Å². The molecule has 7 heteroatoms. The van der Waals surface area contributed by atoms with E-state index < -0.39 is 0 Å². The van der Waals surface area contributed by atoms with E-state index in [0.29, 0.717) is 16.6 Å². The molecule has 1 unspecified atom stereocenters. The quantitative estimate of drug-likeness (QED) is 0.723. The fourth-order valence-electron chi connectivity index (χ4n) is 1.42. The van der Waals surface area contributed by atoms with E-state index in [9.17, 15) is 4.79 Å². The lowest BCUT2D eigenvalue weighted by Crippen LogP contribution is -2.41. The Balaban J connectivity index is 2.76. The highest BCUT2D eigenvalue weighted by atomic mass is 32.1. The standard InChI is InChI=1S/C11H20N4O2S/c1-6(2)7(5-17-4)14-10(16)8-9(12)15-11(13-3)18-8/h6-7H,5,12H2,1-4H3,(H,13,15)(H,14,16). The molecule has 1 aromatic heterocycles. The number of nitrogens with zero attached hydrogens (tertiary/aromatic N) is 1. The normalized spacial score (nSPS) is 12.5. The van der Waals surface area contributed by atoms with Gasteiger partial charge in [-0.3, -0.25) is 4.79 Å². The van der Waals surface area contributed by atoms with Crippen LogP contribution >= 0.6 is 11.3 Å². The van der Waals surface area contributed by atoms with Crippen molar-refractivity contribution < 1.29 is 9.53 Å². The average Bonchev–Trinajstić information content (AvgIpc) is 2.69. The molecular formula is C11H20N4O2S. The van der Waals surface area contributed by atoms with Crippen LogP contribution in [0.3, 0.4) is 0 Å². The Bertz CT molecular complexity index is 406. The molecule has 102 valence electrons. The molecule has 0 aliphatic heterocycles. The minimum absolute atomic E-state index is 0.0398. The fourth-order valence-corrected chi connectivity index (χ4v) is 2.16. The summed E-state index contributed by atoms with van der Waals surface area (Å²) < 4.78 is 5.09. The lowest BCUT2D eigenvalue weighted by Gasteiger charge is -2.21. The first-order chi connectivity index (χ1) is 8.49. The van der Waals surface area contributed by atoms with Gasteiger partial charge < -0.3 is 21.1 Å². The molecule has 0 spiro atoms. The summed E-state index contributed by atoms with van der Waals surface area (Å²) in [6.45, 7) is 4.53. The zero-order valence-corrected chi connectivity index (χ0v) is 11.9. The van der Waals surface area contributed by atoms with E-state index in [1.807, 2.05) is 13.8 Å². The summed E-state index contributed by atoms with van der Waals surface area (Å²) in [5.74, 6) is 0.329. The van der Waals surface area contributed by atoms with Crippen LogP contribution in [0.15, 0.2) is 0 Å². The molecule has 4 N–H and O–H groups in total. The average molecular weight is 272 g/mol. The van der Waals surface area contributed by atoms with Crippen molar-refractivity contribution in [2.24, 2.45) is 5.92 Å². The number of hydrogen-bond donors (Lipinski definition) is 3. The van der Waals surface area contributed by atoms with Gasteiger partial charge in [0, 0.05) is 14.2 Å². The summed E-state index contributed by atoms with van der Waals surface area (Å²) in [7, 11) is 3.35. The zero-order valence-electron chi connectivity index (χ0n) is 11.1. The third kappa shape index (κ3) is 3.58.